The van der Waals surface area contributed by atoms with Crippen LogP contribution in [0.2, 0.25) is 15.1 Å². The first-order chi connectivity index (χ1) is 16.2. The van der Waals surface area contributed by atoms with Crippen LogP contribution in [0.5, 0.6) is 11.5 Å². The molecule has 0 N–H and O–H groups in total. The van der Waals surface area contributed by atoms with Gasteiger partial charge in [-0.25, -0.2) is 4.79 Å². The lowest BCUT2D eigenvalue weighted by Crippen LogP contribution is -2.43. The highest BCUT2D eigenvalue weighted by molar-refractivity contribution is 6.37. The quantitative estimate of drug-likeness (QED) is 0.416. The first-order valence-electron chi connectivity index (χ1n) is 10.8. The van der Waals surface area contributed by atoms with Crippen LogP contribution >= 0.6 is 34.8 Å². The van der Waals surface area contributed by atoms with Gasteiger partial charge in [-0.15, -0.1) is 0 Å². The number of ketones is 1. The van der Waals surface area contributed by atoms with Crippen LogP contribution in [0, 0.1) is 19.8 Å². The van der Waals surface area contributed by atoms with Crippen molar-refractivity contribution in [3.63, 3.8) is 0 Å². The summed E-state index contributed by atoms with van der Waals surface area (Å²) in [6.45, 7) is 3.75. The Morgan fingerprint density at radius 3 is 2.41 bits per heavy atom. The largest absolute Gasteiger partial charge is 0.494 e. The lowest BCUT2D eigenvalue weighted by atomic mass is 9.80. The summed E-state index contributed by atoms with van der Waals surface area (Å²) < 4.78 is 22.6. The number of halogens is 3. The van der Waals surface area contributed by atoms with E-state index in [0.717, 1.165) is 11.1 Å². The van der Waals surface area contributed by atoms with Crippen molar-refractivity contribution < 1.29 is 28.5 Å². The first kappa shape index (κ1) is 24.7. The molecule has 2 aromatic rings. The van der Waals surface area contributed by atoms with Crippen LogP contribution in [0.3, 0.4) is 0 Å². The first-order valence-corrected chi connectivity index (χ1v) is 11.9. The van der Waals surface area contributed by atoms with Gasteiger partial charge < -0.3 is 18.9 Å². The normalized spacial score (nSPS) is 21.8. The Hall–Kier alpha value is -2.41. The molecular weight excluding hydrogens is 503 g/mol. The predicted molar refractivity (Wildman–Crippen MR) is 129 cm³/mol. The van der Waals surface area contributed by atoms with E-state index in [0.29, 0.717) is 30.0 Å². The molecule has 9 heteroatoms. The average molecular weight is 526 g/mol. The summed E-state index contributed by atoms with van der Waals surface area (Å²) in [5.41, 5.74) is 1.79. The molecule has 180 valence electrons. The van der Waals surface area contributed by atoms with Gasteiger partial charge in [0.15, 0.2) is 5.75 Å². The number of fused-ring (bicyclic) bond motifs is 1. The maximum absolute atomic E-state index is 13.1. The van der Waals surface area contributed by atoms with E-state index in [1.807, 2.05) is 13.8 Å². The zero-order valence-electron chi connectivity index (χ0n) is 18.8. The number of hydrogen-bond donors (Lipinski definition) is 0. The molecule has 0 spiro atoms. The lowest BCUT2D eigenvalue weighted by Gasteiger charge is -2.36. The zero-order valence-corrected chi connectivity index (χ0v) is 21.1. The molecule has 2 aromatic carbocycles. The van der Waals surface area contributed by atoms with Gasteiger partial charge in [0, 0.05) is 11.4 Å². The summed E-state index contributed by atoms with van der Waals surface area (Å²) in [5, 5.41) is 1.10. The van der Waals surface area contributed by atoms with Crippen molar-refractivity contribution in [3.8, 4) is 11.5 Å². The molecule has 34 heavy (non-hydrogen) atoms. The molecule has 1 heterocycles. The van der Waals surface area contributed by atoms with Crippen LogP contribution in [0.4, 0.5) is 0 Å². The molecule has 0 saturated heterocycles. The van der Waals surface area contributed by atoms with Crippen molar-refractivity contribution >= 4 is 46.6 Å². The molecule has 3 atom stereocenters. The third-order valence-electron chi connectivity index (χ3n) is 6.05. The van der Waals surface area contributed by atoms with Crippen molar-refractivity contribution in [2.24, 2.45) is 5.92 Å². The highest BCUT2D eigenvalue weighted by Crippen LogP contribution is 2.38. The zero-order chi connectivity index (χ0) is 24.6. The molecule has 6 nitrogen and oxygen atoms in total. The lowest BCUT2D eigenvalue weighted by molar-refractivity contribution is -0.132. The third-order valence-corrected chi connectivity index (χ3v) is 7.26. The summed E-state index contributed by atoms with van der Waals surface area (Å²) in [7, 11) is 1.40. The molecule has 3 unspecified atom stereocenters. The number of ether oxygens (including phenoxy) is 4. The molecule has 1 aliphatic heterocycles. The van der Waals surface area contributed by atoms with E-state index >= 15 is 0 Å². The Morgan fingerprint density at radius 2 is 1.74 bits per heavy atom. The van der Waals surface area contributed by atoms with Crippen LogP contribution in [0.25, 0.3) is 0 Å². The van der Waals surface area contributed by atoms with Crippen molar-refractivity contribution in [1.82, 2.24) is 0 Å². The van der Waals surface area contributed by atoms with Crippen molar-refractivity contribution in [2.45, 2.75) is 45.3 Å². The topological polar surface area (TPSA) is 71.1 Å². The molecule has 2 aliphatic rings. The molecule has 1 aliphatic carbocycles. The fraction of sp³-hybridized carbons (Fsp3) is 0.360. The summed E-state index contributed by atoms with van der Waals surface area (Å²) >= 11 is 18.5. The maximum atomic E-state index is 13.1. The molecule has 0 radical (unpaired) electrons. The van der Waals surface area contributed by atoms with Gasteiger partial charge in [-0.1, -0.05) is 34.8 Å². The number of methoxy groups -OCH3 is 1. The minimum atomic E-state index is -0.636. The van der Waals surface area contributed by atoms with Crippen molar-refractivity contribution in [1.29, 1.82) is 0 Å². The second-order valence-electron chi connectivity index (χ2n) is 8.38. The van der Waals surface area contributed by atoms with Crippen LogP contribution in [0.1, 0.15) is 40.7 Å². The minimum absolute atomic E-state index is 0.0727. The number of benzene rings is 2. The Kier molecular flexibility index (Phi) is 7.31. The Labute approximate surface area is 212 Å². The second kappa shape index (κ2) is 10.1. The molecular formula is C25H23Cl3O6. The number of aryl methyl sites for hydroxylation is 2. The summed E-state index contributed by atoms with van der Waals surface area (Å²) in [6.07, 6.45) is 1.82. The molecule has 1 fully saturated rings. The fourth-order valence-electron chi connectivity index (χ4n) is 4.34. The number of rotatable bonds is 5. The van der Waals surface area contributed by atoms with Gasteiger partial charge >= 0.3 is 5.97 Å². The Balaban J connectivity index is 1.44. The number of hydrogen-bond acceptors (Lipinski definition) is 6. The van der Waals surface area contributed by atoms with Crippen molar-refractivity contribution in [2.75, 3.05) is 7.11 Å². The molecule has 0 aromatic heterocycles. The van der Waals surface area contributed by atoms with Gasteiger partial charge in [-0.3, -0.25) is 4.79 Å². The average Bonchev–Trinajstić information content (AvgIpc) is 2.80. The molecule has 0 bridgehead atoms. The van der Waals surface area contributed by atoms with E-state index in [1.54, 1.807) is 18.2 Å². The summed E-state index contributed by atoms with van der Waals surface area (Å²) in [6, 6.07) is 6.62. The van der Waals surface area contributed by atoms with Gasteiger partial charge in [-0.2, -0.15) is 0 Å². The Morgan fingerprint density at radius 1 is 1.06 bits per heavy atom. The van der Waals surface area contributed by atoms with Gasteiger partial charge in [0.25, 0.3) is 0 Å². The number of esters is 1. The molecule has 0 amide bonds. The monoisotopic (exact) mass is 524 g/mol. The minimum Gasteiger partial charge on any atom is -0.494 e. The third kappa shape index (κ3) is 4.85. The van der Waals surface area contributed by atoms with Crippen LogP contribution in [-0.4, -0.2) is 31.1 Å². The smallest absolute Gasteiger partial charge is 0.343 e. The second-order valence-corrected chi connectivity index (χ2v) is 9.57. The fourth-order valence-corrected chi connectivity index (χ4v) is 4.91. The number of carbonyl (C=O) groups excluding carboxylic acids is 2. The van der Waals surface area contributed by atoms with Crippen LogP contribution in [0.15, 0.2) is 36.3 Å². The van der Waals surface area contributed by atoms with E-state index in [2.05, 4.69) is 0 Å². The predicted octanol–water partition coefficient (Wildman–Crippen LogP) is 6.49. The van der Waals surface area contributed by atoms with E-state index in [9.17, 15) is 9.59 Å². The molecule has 4 rings (SSSR count). The number of allylic oxidation sites excluding steroid dienone is 1. The van der Waals surface area contributed by atoms with Gasteiger partial charge in [0.05, 0.1) is 23.1 Å². The van der Waals surface area contributed by atoms with Gasteiger partial charge in [0.1, 0.15) is 29.8 Å². The van der Waals surface area contributed by atoms with E-state index in [4.69, 9.17) is 53.8 Å². The van der Waals surface area contributed by atoms with Crippen LogP contribution < -0.4 is 9.47 Å². The highest BCUT2D eigenvalue weighted by Gasteiger charge is 2.42. The van der Waals surface area contributed by atoms with E-state index in [1.165, 1.54) is 19.4 Å². The van der Waals surface area contributed by atoms with Gasteiger partial charge in [-0.05, 0) is 62.1 Å². The summed E-state index contributed by atoms with van der Waals surface area (Å²) in [5.74, 6) is -0.318. The number of carbonyl (C=O) groups is 2. The summed E-state index contributed by atoms with van der Waals surface area (Å²) in [4.78, 5) is 25.9. The molecule has 1 saturated carbocycles. The Bertz CT molecular complexity index is 1150. The van der Waals surface area contributed by atoms with Crippen molar-refractivity contribution in [3.05, 3.63) is 68.0 Å². The van der Waals surface area contributed by atoms with E-state index < -0.39 is 18.2 Å². The standard InChI is InChI=1S/C25H23Cl3O6/c1-12-8-15(9-13(2)22(12)28)33-20-11-32-19-10-14(4-5-16(19)23(20)29)34-25(30)21-17(26)6-7-18(27)24(21)31-3/h6-9,11,14,16,19H,4-5,10H2,1-3H3. The van der Waals surface area contributed by atoms with Gasteiger partial charge in [0.2, 0.25) is 11.5 Å². The number of Topliss-reactive ketones (excluding diaryl/α,β-unsaturated/α-hetero) is 1. The highest BCUT2D eigenvalue weighted by atomic mass is 35.5. The van der Waals surface area contributed by atoms with Crippen LogP contribution in [-0.2, 0) is 14.3 Å². The maximum Gasteiger partial charge on any atom is 0.343 e. The SMILES string of the molecule is COc1c(Cl)ccc(Cl)c1C(=O)OC1CCC2C(=O)C(Oc3cc(C)c(Cl)c(C)c3)=COC2C1. The van der Waals surface area contributed by atoms with E-state index in [-0.39, 0.29) is 38.8 Å².